The van der Waals surface area contributed by atoms with E-state index in [1.165, 1.54) is 35.1 Å². The number of aryl methyl sites for hydroxylation is 1. The Morgan fingerprint density at radius 2 is 1.92 bits per heavy atom. The number of aromatic nitrogens is 1. The van der Waals surface area contributed by atoms with E-state index in [0.29, 0.717) is 5.92 Å². The zero-order valence-corrected chi connectivity index (χ0v) is 14.2. The van der Waals surface area contributed by atoms with Crippen molar-refractivity contribution in [2.75, 3.05) is 18.0 Å². The number of benzene rings is 1. The average Bonchev–Trinajstić information content (AvgIpc) is 3.22. The first-order chi connectivity index (χ1) is 11.6. The summed E-state index contributed by atoms with van der Waals surface area (Å²) < 4.78 is 2.32. The summed E-state index contributed by atoms with van der Waals surface area (Å²) >= 11 is 0. The van der Waals surface area contributed by atoms with E-state index >= 15 is 0 Å². The summed E-state index contributed by atoms with van der Waals surface area (Å²) in [6, 6.07) is 6.45. The fraction of sp³-hybridized carbons (Fsp3) is 0.550. The minimum Gasteiger partial charge on any atom is -0.481 e. The molecule has 6 rings (SSSR count). The summed E-state index contributed by atoms with van der Waals surface area (Å²) in [5, 5.41) is 11.2. The molecule has 1 aromatic heterocycles. The summed E-state index contributed by atoms with van der Waals surface area (Å²) in [6.07, 6.45) is 6.07. The minimum absolute atomic E-state index is 0.644. The van der Waals surface area contributed by atoms with E-state index in [-0.39, 0.29) is 0 Å². The van der Waals surface area contributed by atoms with E-state index < -0.39 is 11.4 Å². The highest BCUT2D eigenvalue weighted by Crippen LogP contribution is 2.49. The van der Waals surface area contributed by atoms with E-state index in [2.05, 4.69) is 34.7 Å². The van der Waals surface area contributed by atoms with Crippen LogP contribution in [0.3, 0.4) is 0 Å². The normalized spacial score (nSPS) is 22.3. The molecule has 2 bridgehead atoms. The fourth-order valence-corrected chi connectivity index (χ4v) is 5.53. The number of piperidine rings is 1. The van der Waals surface area contributed by atoms with Crippen LogP contribution < -0.4 is 4.90 Å². The van der Waals surface area contributed by atoms with Crippen molar-refractivity contribution in [3.05, 3.63) is 29.3 Å². The lowest BCUT2D eigenvalue weighted by Gasteiger charge is -2.41. The molecule has 0 radical (unpaired) electrons. The Morgan fingerprint density at radius 1 is 1.21 bits per heavy atom. The van der Waals surface area contributed by atoms with Gasteiger partial charge in [-0.2, -0.15) is 0 Å². The summed E-state index contributed by atoms with van der Waals surface area (Å²) in [7, 11) is 2.16. The van der Waals surface area contributed by atoms with Crippen LogP contribution in [0.4, 0.5) is 5.82 Å². The van der Waals surface area contributed by atoms with Gasteiger partial charge in [0.1, 0.15) is 5.82 Å². The number of fused-ring (bicyclic) bond motifs is 3. The van der Waals surface area contributed by atoms with Crippen LogP contribution in [0.15, 0.2) is 18.2 Å². The van der Waals surface area contributed by atoms with Gasteiger partial charge in [-0.3, -0.25) is 4.79 Å². The van der Waals surface area contributed by atoms with Crippen molar-refractivity contribution in [3.8, 4) is 0 Å². The Kier molecular flexibility index (Phi) is 2.86. The first-order valence-corrected chi connectivity index (χ1v) is 9.23. The van der Waals surface area contributed by atoms with Crippen LogP contribution in [0.1, 0.15) is 55.6 Å². The number of hydrogen-bond acceptors (Lipinski definition) is 2. The maximum Gasteiger partial charge on any atom is 0.314 e. The number of carboxylic acid groups (broad SMARTS) is 1. The van der Waals surface area contributed by atoms with E-state index in [9.17, 15) is 9.90 Å². The van der Waals surface area contributed by atoms with Gasteiger partial charge in [-0.1, -0.05) is 18.9 Å². The summed E-state index contributed by atoms with van der Waals surface area (Å²) in [5.41, 5.74) is 3.08. The molecule has 1 N–H and O–H groups in total. The van der Waals surface area contributed by atoms with Crippen molar-refractivity contribution in [2.24, 2.45) is 7.05 Å². The number of nitrogens with zero attached hydrogens (tertiary/aromatic N) is 2. The number of rotatable bonds is 2. The highest BCUT2D eigenvalue weighted by molar-refractivity contribution is 5.94. The summed E-state index contributed by atoms with van der Waals surface area (Å²) in [4.78, 5) is 14.6. The smallest absolute Gasteiger partial charge is 0.314 e. The molecule has 0 atom stereocenters. The van der Waals surface area contributed by atoms with Gasteiger partial charge in [0.25, 0.3) is 0 Å². The van der Waals surface area contributed by atoms with E-state index in [0.717, 1.165) is 44.3 Å². The van der Waals surface area contributed by atoms with Crippen LogP contribution in [-0.4, -0.2) is 28.7 Å². The molecular formula is C20H24N2O2. The maximum absolute atomic E-state index is 12.1. The van der Waals surface area contributed by atoms with Crippen LogP contribution in [0.2, 0.25) is 0 Å². The van der Waals surface area contributed by atoms with Crippen molar-refractivity contribution >= 4 is 22.7 Å². The number of carbonyl (C=O) groups is 1. The highest BCUT2D eigenvalue weighted by atomic mass is 16.4. The molecule has 1 aliphatic carbocycles. The largest absolute Gasteiger partial charge is 0.481 e. The van der Waals surface area contributed by atoms with Gasteiger partial charge in [0.05, 0.1) is 5.41 Å². The molecule has 1 saturated heterocycles. The predicted octanol–water partition coefficient (Wildman–Crippen LogP) is 3.77. The molecule has 0 amide bonds. The highest BCUT2D eigenvalue weighted by Gasteiger charge is 2.43. The predicted molar refractivity (Wildman–Crippen MR) is 94.9 cm³/mol. The molecule has 24 heavy (non-hydrogen) atoms. The van der Waals surface area contributed by atoms with Crippen molar-refractivity contribution in [1.29, 1.82) is 0 Å². The molecular weight excluding hydrogens is 300 g/mol. The minimum atomic E-state index is -0.662. The summed E-state index contributed by atoms with van der Waals surface area (Å²) in [6.45, 7) is 2.32. The fourth-order valence-electron chi connectivity index (χ4n) is 5.53. The van der Waals surface area contributed by atoms with Gasteiger partial charge in [-0.15, -0.1) is 0 Å². The number of hydrogen-bond donors (Lipinski definition) is 1. The van der Waals surface area contributed by atoms with Crippen LogP contribution in [0, 0.1) is 0 Å². The molecule has 4 nitrogen and oxygen atoms in total. The van der Waals surface area contributed by atoms with Gasteiger partial charge >= 0.3 is 5.97 Å². The average molecular weight is 324 g/mol. The Bertz CT molecular complexity index is 837. The van der Waals surface area contributed by atoms with Gasteiger partial charge in [-0.05, 0) is 49.3 Å². The zero-order chi connectivity index (χ0) is 16.5. The second-order valence-electron chi connectivity index (χ2n) is 7.88. The van der Waals surface area contributed by atoms with E-state index in [1.54, 1.807) is 0 Å². The van der Waals surface area contributed by atoms with Gasteiger partial charge in [0, 0.05) is 36.6 Å². The third-order valence-electron chi connectivity index (χ3n) is 6.83. The molecule has 0 unspecified atom stereocenters. The number of aliphatic carboxylic acids is 1. The first kappa shape index (κ1) is 14.4. The van der Waals surface area contributed by atoms with Crippen LogP contribution in [0.5, 0.6) is 0 Å². The van der Waals surface area contributed by atoms with Crippen molar-refractivity contribution in [2.45, 2.75) is 49.9 Å². The van der Waals surface area contributed by atoms with Gasteiger partial charge in [0.15, 0.2) is 0 Å². The zero-order valence-electron chi connectivity index (χ0n) is 14.2. The Labute approximate surface area is 142 Å². The third-order valence-corrected chi connectivity index (χ3v) is 6.83. The second kappa shape index (κ2) is 4.78. The number of carboxylic acids is 1. The maximum atomic E-state index is 12.1. The topological polar surface area (TPSA) is 45.5 Å². The van der Waals surface area contributed by atoms with Crippen LogP contribution in [0.25, 0.3) is 10.9 Å². The Balaban J connectivity index is 1.75. The molecule has 2 fully saturated rings. The lowest BCUT2D eigenvalue weighted by atomic mass is 9.77. The lowest BCUT2D eigenvalue weighted by Crippen LogP contribution is -2.39. The Morgan fingerprint density at radius 3 is 2.58 bits per heavy atom. The standard InChI is InChI=1S/C20H24N2O2/c1-21-16-5-4-14(20(19(23)24)8-2-3-9-20)12-15(16)17-13-6-10-22(11-7-13)18(17)21/h4-5,12-13H,2-3,6-11H2,1H3,(H,23,24). The summed E-state index contributed by atoms with van der Waals surface area (Å²) in [5.74, 6) is 1.38. The molecule has 4 aliphatic rings. The molecule has 1 aromatic carbocycles. The lowest BCUT2D eigenvalue weighted by molar-refractivity contribution is -0.143. The molecule has 3 aliphatic heterocycles. The van der Waals surface area contributed by atoms with Crippen molar-refractivity contribution in [3.63, 3.8) is 0 Å². The SMILES string of the molecule is Cn1c2c(c3cc(C4(C(=O)O)CCCC4)ccc31)C1CCN2CC1. The first-order valence-electron chi connectivity index (χ1n) is 9.23. The second-order valence-corrected chi connectivity index (χ2v) is 7.88. The van der Waals surface area contributed by atoms with E-state index in [1.807, 2.05) is 0 Å². The molecule has 1 saturated carbocycles. The Hall–Kier alpha value is -1.97. The molecule has 2 aromatic rings. The molecule has 4 heterocycles. The molecule has 126 valence electrons. The third kappa shape index (κ3) is 1.66. The quantitative estimate of drug-likeness (QED) is 0.914. The number of anilines is 1. The molecule has 4 heteroatoms. The van der Waals surface area contributed by atoms with Gasteiger partial charge in [0.2, 0.25) is 0 Å². The van der Waals surface area contributed by atoms with Crippen molar-refractivity contribution in [1.82, 2.24) is 4.57 Å². The van der Waals surface area contributed by atoms with Crippen LogP contribution >= 0.6 is 0 Å². The van der Waals surface area contributed by atoms with Crippen LogP contribution in [-0.2, 0) is 17.3 Å². The monoisotopic (exact) mass is 324 g/mol. The molecule has 0 spiro atoms. The van der Waals surface area contributed by atoms with E-state index in [4.69, 9.17) is 0 Å². The van der Waals surface area contributed by atoms with Gasteiger partial charge < -0.3 is 14.6 Å². The van der Waals surface area contributed by atoms with Crippen molar-refractivity contribution < 1.29 is 9.90 Å². The van der Waals surface area contributed by atoms with Gasteiger partial charge in [-0.25, -0.2) is 0 Å².